The minimum atomic E-state index is -0.286. The Balaban J connectivity index is 1.46. The second-order valence-corrected chi connectivity index (χ2v) is 9.67. The van der Waals surface area contributed by atoms with Crippen molar-refractivity contribution >= 4 is 66.4 Å². The Kier molecular flexibility index (Phi) is 7.69. The molecule has 0 unspecified atom stereocenters. The van der Waals surface area contributed by atoms with Gasteiger partial charge in [0.05, 0.1) is 22.5 Å². The molecule has 168 valence electrons. The van der Waals surface area contributed by atoms with Gasteiger partial charge in [-0.15, -0.1) is 11.3 Å². The summed E-state index contributed by atoms with van der Waals surface area (Å²) in [6.07, 6.45) is 2.07. The fourth-order valence-electron chi connectivity index (χ4n) is 3.16. The predicted octanol–water partition coefficient (Wildman–Crippen LogP) is 7.03. The minimum Gasteiger partial charge on any atom is -0.494 e. The second kappa shape index (κ2) is 10.9. The molecule has 0 fully saturated rings. The van der Waals surface area contributed by atoms with E-state index >= 15 is 0 Å². The largest absolute Gasteiger partial charge is 0.494 e. The first-order valence-corrected chi connectivity index (χ1v) is 12.6. The lowest BCUT2D eigenvalue weighted by atomic mass is 10.2. The van der Waals surface area contributed by atoms with Crippen molar-refractivity contribution < 1.29 is 9.53 Å². The van der Waals surface area contributed by atoms with Gasteiger partial charge in [-0.2, -0.15) is 0 Å². The molecule has 0 atom stereocenters. The van der Waals surface area contributed by atoms with Crippen LogP contribution in [-0.4, -0.2) is 22.6 Å². The van der Waals surface area contributed by atoms with Crippen LogP contribution >= 0.6 is 39.5 Å². The van der Waals surface area contributed by atoms with Crippen molar-refractivity contribution in [3.63, 3.8) is 0 Å². The highest BCUT2D eigenvalue weighted by Gasteiger charge is 2.14. The van der Waals surface area contributed by atoms with Crippen molar-refractivity contribution in [2.75, 3.05) is 11.9 Å². The number of carbonyl (C=O) groups excluding carboxylic acids is 1. The molecule has 0 aliphatic rings. The smallest absolute Gasteiger partial charge is 0.257 e. The van der Waals surface area contributed by atoms with Crippen molar-refractivity contribution in [1.29, 1.82) is 0 Å². The molecular formula is C25H22BrN3O2S2. The first-order valence-electron chi connectivity index (χ1n) is 10.5. The number of rotatable bonds is 7. The average Bonchev–Trinajstić information content (AvgIpc) is 3.25. The molecule has 0 saturated carbocycles. The number of carbonyl (C=O) groups is 1. The van der Waals surface area contributed by atoms with Crippen molar-refractivity contribution in [2.24, 2.45) is 0 Å². The Labute approximate surface area is 210 Å². The average molecular weight is 541 g/mol. The van der Waals surface area contributed by atoms with Gasteiger partial charge in [0.1, 0.15) is 10.8 Å². The van der Waals surface area contributed by atoms with Crippen LogP contribution in [0.15, 0.2) is 71.2 Å². The normalized spacial score (nSPS) is 10.7. The summed E-state index contributed by atoms with van der Waals surface area (Å²) in [7, 11) is 0. The molecule has 4 rings (SSSR count). The van der Waals surface area contributed by atoms with Gasteiger partial charge in [0.25, 0.3) is 5.91 Å². The molecule has 0 aliphatic heterocycles. The third kappa shape index (κ3) is 5.96. The Morgan fingerprint density at radius 2 is 1.91 bits per heavy atom. The number of para-hydroxylation sites is 1. The van der Waals surface area contributed by atoms with E-state index in [1.165, 1.54) is 0 Å². The van der Waals surface area contributed by atoms with E-state index in [2.05, 4.69) is 33.5 Å². The molecule has 8 heteroatoms. The lowest BCUT2D eigenvalue weighted by Crippen LogP contribution is -2.34. The highest BCUT2D eigenvalue weighted by Crippen LogP contribution is 2.36. The van der Waals surface area contributed by atoms with Crippen molar-refractivity contribution in [3.8, 4) is 16.3 Å². The summed E-state index contributed by atoms with van der Waals surface area (Å²) in [6, 6.07) is 20.9. The van der Waals surface area contributed by atoms with Crippen LogP contribution in [0.5, 0.6) is 5.75 Å². The molecule has 2 N–H and O–H groups in total. The molecule has 4 aromatic rings. The molecule has 33 heavy (non-hydrogen) atoms. The van der Waals surface area contributed by atoms with Crippen LogP contribution in [0.1, 0.15) is 30.1 Å². The van der Waals surface area contributed by atoms with Gasteiger partial charge in [0, 0.05) is 15.6 Å². The maximum Gasteiger partial charge on any atom is 0.257 e. The van der Waals surface area contributed by atoms with E-state index in [1.54, 1.807) is 35.6 Å². The fourth-order valence-corrected chi connectivity index (χ4v) is 4.72. The molecule has 3 aromatic carbocycles. The number of nitrogens with zero attached hydrogens (tertiary/aromatic N) is 1. The van der Waals surface area contributed by atoms with Crippen molar-refractivity contribution in [3.05, 3.63) is 76.8 Å². The number of hydrogen-bond donors (Lipinski definition) is 2. The summed E-state index contributed by atoms with van der Waals surface area (Å²) in [5, 5.41) is 6.98. The molecule has 1 heterocycles. The summed E-state index contributed by atoms with van der Waals surface area (Å²) < 4.78 is 7.69. The molecule has 1 aromatic heterocycles. The highest BCUT2D eigenvalue weighted by molar-refractivity contribution is 9.10. The number of thiocarbonyl (C=S) groups is 1. The number of fused-ring (bicyclic) bond motifs is 1. The van der Waals surface area contributed by atoms with Gasteiger partial charge in [-0.3, -0.25) is 10.1 Å². The number of nitrogens with one attached hydrogen (secondary N) is 2. The number of ether oxygens (including phenoxy) is 1. The molecule has 0 radical (unpaired) electrons. The number of amides is 1. The summed E-state index contributed by atoms with van der Waals surface area (Å²) in [6.45, 7) is 2.78. The van der Waals surface area contributed by atoms with Crippen molar-refractivity contribution in [1.82, 2.24) is 10.3 Å². The number of hydrogen-bond acceptors (Lipinski definition) is 5. The number of anilines is 1. The van der Waals surface area contributed by atoms with Crippen LogP contribution in [0.4, 0.5) is 5.69 Å². The van der Waals surface area contributed by atoms with E-state index in [1.807, 2.05) is 42.5 Å². The Hall–Kier alpha value is -2.81. The van der Waals surface area contributed by atoms with E-state index in [-0.39, 0.29) is 11.0 Å². The van der Waals surface area contributed by atoms with Crippen LogP contribution in [0.3, 0.4) is 0 Å². The van der Waals surface area contributed by atoms with E-state index in [9.17, 15) is 4.79 Å². The monoisotopic (exact) mass is 539 g/mol. The van der Waals surface area contributed by atoms with E-state index in [0.29, 0.717) is 12.2 Å². The van der Waals surface area contributed by atoms with Gasteiger partial charge in [-0.1, -0.05) is 41.4 Å². The predicted molar refractivity (Wildman–Crippen MR) is 143 cm³/mol. The van der Waals surface area contributed by atoms with Gasteiger partial charge in [-0.25, -0.2) is 4.98 Å². The maximum absolute atomic E-state index is 12.6. The first kappa shape index (κ1) is 23.4. The van der Waals surface area contributed by atoms with E-state index < -0.39 is 0 Å². The zero-order valence-corrected chi connectivity index (χ0v) is 21.1. The highest BCUT2D eigenvalue weighted by atomic mass is 79.9. The second-order valence-electron chi connectivity index (χ2n) is 7.31. The Morgan fingerprint density at radius 1 is 1.12 bits per heavy atom. The Morgan fingerprint density at radius 3 is 2.67 bits per heavy atom. The standard InChI is InChI=1S/C25H22BrN3O2S2/c1-2-3-14-31-18-11-8-16(9-12-18)23(30)29-25(32)28-20-13-10-17(26)15-19(20)24-27-21-6-4-5-7-22(21)33-24/h4-13,15H,2-3,14H2,1H3,(H2,28,29,30,32). The van der Waals surface area contributed by atoms with Crippen LogP contribution in [0.2, 0.25) is 0 Å². The molecule has 0 bridgehead atoms. The van der Waals surface area contributed by atoms with Crippen LogP contribution in [0, 0.1) is 0 Å². The number of halogens is 1. The number of thiazole rings is 1. The minimum absolute atomic E-state index is 0.216. The third-order valence-electron chi connectivity index (χ3n) is 4.86. The quantitative estimate of drug-likeness (QED) is 0.195. The number of aromatic nitrogens is 1. The first-order chi connectivity index (χ1) is 16.0. The lowest BCUT2D eigenvalue weighted by Gasteiger charge is -2.13. The Bertz CT molecular complexity index is 1260. The summed E-state index contributed by atoms with van der Waals surface area (Å²) >= 11 is 10.6. The molecule has 0 spiro atoms. The summed E-state index contributed by atoms with van der Waals surface area (Å²) in [4.78, 5) is 17.4. The van der Waals surface area contributed by atoms with E-state index in [0.717, 1.165) is 49.5 Å². The summed E-state index contributed by atoms with van der Waals surface area (Å²) in [5.41, 5.74) is 3.11. The number of unbranched alkanes of at least 4 members (excludes halogenated alkanes) is 1. The van der Waals surface area contributed by atoms with Gasteiger partial charge in [-0.05, 0) is 73.2 Å². The van der Waals surface area contributed by atoms with Crippen LogP contribution < -0.4 is 15.4 Å². The third-order valence-corrected chi connectivity index (χ3v) is 6.63. The van der Waals surface area contributed by atoms with Crippen LogP contribution in [0.25, 0.3) is 20.8 Å². The molecule has 1 amide bonds. The topological polar surface area (TPSA) is 63.2 Å². The van der Waals surface area contributed by atoms with Crippen molar-refractivity contribution in [2.45, 2.75) is 19.8 Å². The molecule has 0 aliphatic carbocycles. The maximum atomic E-state index is 12.6. The molecular weight excluding hydrogens is 518 g/mol. The zero-order chi connectivity index (χ0) is 23.2. The lowest BCUT2D eigenvalue weighted by molar-refractivity contribution is 0.0977. The SMILES string of the molecule is CCCCOc1ccc(C(=O)NC(=S)Nc2ccc(Br)cc2-c2nc3ccccc3s2)cc1. The van der Waals surface area contributed by atoms with Gasteiger partial charge >= 0.3 is 0 Å². The zero-order valence-electron chi connectivity index (χ0n) is 17.9. The van der Waals surface area contributed by atoms with Gasteiger partial charge in [0.15, 0.2) is 5.11 Å². The van der Waals surface area contributed by atoms with Gasteiger partial charge < -0.3 is 10.1 Å². The fraction of sp³-hybridized carbons (Fsp3) is 0.160. The molecule has 0 saturated heterocycles. The van der Waals surface area contributed by atoms with Gasteiger partial charge in [0.2, 0.25) is 0 Å². The van der Waals surface area contributed by atoms with Crippen LogP contribution in [-0.2, 0) is 0 Å². The molecule has 5 nitrogen and oxygen atoms in total. The number of benzene rings is 3. The van der Waals surface area contributed by atoms with E-state index in [4.69, 9.17) is 21.9 Å². The summed E-state index contributed by atoms with van der Waals surface area (Å²) in [5.74, 6) is 0.460.